The minimum absolute atomic E-state index is 0.0381. The highest BCUT2D eigenvalue weighted by molar-refractivity contribution is 9.10. The summed E-state index contributed by atoms with van der Waals surface area (Å²) in [7, 11) is 0. The molecular formula is C16H22BrNO. The summed E-state index contributed by atoms with van der Waals surface area (Å²) in [5.74, 6) is 0.939. The molecule has 0 aliphatic heterocycles. The first-order valence-electron chi connectivity index (χ1n) is 7.29. The molecule has 2 rings (SSSR count). The average molecular weight is 324 g/mol. The summed E-state index contributed by atoms with van der Waals surface area (Å²) in [6.07, 6.45) is 9.36. The molecule has 0 aromatic heterocycles. The molecule has 0 unspecified atom stereocenters. The molecule has 2 nitrogen and oxygen atoms in total. The maximum absolute atomic E-state index is 11.9. The molecule has 1 aromatic rings. The number of carbonyl (C=O) groups is 1. The van der Waals surface area contributed by atoms with Crippen molar-refractivity contribution in [2.45, 2.75) is 44.9 Å². The van der Waals surface area contributed by atoms with Gasteiger partial charge in [-0.05, 0) is 43.0 Å². The second kappa shape index (κ2) is 7.68. The van der Waals surface area contributed by atoms with Crippen LogP contribution in [0.3, 0.4) is 0 Å². The predicted octanol–water partition coefficient (Wildman–Crippen LogP) is 4.54. The van der Waals surface area contributed by atoms with Crippen molar-refractivity contribution in [1.29, 1.82) is 0 Å². The van der Waals surface area contributed by atoms with Crippen LogP contribution >= 0.6 is 15.9 Å². The van der Waals surface area contributed by atoms with Crippen LogP contribution in [-0.2, 0) is 0 Å². The van der Waals surface area contributed by atoms with Crippen molar-refractivity contribution < 1.29 is 4.79 Å². The SMILES string of the molecule is O=C(NCCCC1CCCCC1)c1ccc(Br)cc1. The van der Waals surface area contributed by atoms with Crippen LogP contribution in [0, 0.1) is 5.92 Å². The Bertz CT molecular complexity index is 396. The van der Waals surface area contributed by atoms with E-state index in [9.17, 15) is 4.79 Å². The molecule has 3 heteroatoms. The number of benzene rings is 1. The predicted molar refractivity (Wildman–Crippen MR) is 82.3 cm³/mol. The summed E-state index contributed by atoms with van der Waals surface area (Å²) < 4.78 is 1.00. The molecule has 1 saturated carbocycles. The Morgan fingerprint density at radius 1 is 1.16 bits per heavy atom. The fourth-order valence-corrected chi connectivity index (χ4v) is 3.04. The largest absolute Gasteiger partial charge is 0.352 e. The van der Waals surface area contributed by atoms with Gasteiger partial charge in [-0.25, -0.2) is 0 Å². The quantitative estimate of drug-likeness (QED) is 0.792. The summed E-state index contributed by atoms with van der Waals surface area (Å²) in [6.45, 7) is 0.797. The van der Waals surface area contributed by atoms with Gasteiger partial charge in [0.25, 0.3) is 5.91 Å². The molecule has 1 aromatic carbocycles. The second-order valence-electron chi connectivity index (χ2n) is 5.41. The summed E-state index contributed by atoms with van der Waals surface area (Å²) >= 11 is 3.37. The van der Waals surface area contributed by atoms with Crippen LogP contribution in [0.5, 0.6) is 0 Å². The van der Waals surface area contributed by atoms with Crippen LogP contribution in [-0.4, -0.2) is 12.5 Å². The third-order valence-corrected chi connectivity index (χ3v) is 4.43. The van der Waals surface area contributed by atoms with Crippen molar-refractivity contribution in [3.63, 3.8) is 0 Å². The van der Waals surface area contributed by atoms with Gasteiger partial charge < -0.3 is 5.32 Å². The molecule has 104 valence electrons. The van der Waals surface area contributed by atoms with E-state index < -0.39 is 0 Å². The summed E-state index contributed by atoms with van der Waals surface area (Å²) in [4.78, 5) is 11.9. The standard InChI is InChI=1S/C16H22BrNO/c17-15-10-8-14(9-11-15)16(19)18-12-4-7-13-5-2-1-3-6-13/h8-11,13H,1-7,12H2,(H,18,19). The van der Waals surface area contributed by atoms with E-state index in [1.54, 1.807) is 0 Å². The Labute approximate surface area is 124 Å². The Morgan fingerprint density at radius 2 is 1.84 bits per heavy atom. The number of carbonyl (C=O) groups excluding carboxylic acids is 1. The van der Waals surface area contributed by atoms with Gasteiger partial charge in [0, 0.05) is 16.6 Å². The smallest absolute Gasteiger partial charge is 0.251 e. The zero-order valence-corrected chi connectivity index (χ0v) is 12.9. The number of nitrogens with one attached hydrogen (secondary N) is 1. The molecule has 0 saturated heterocycles. The van der Waals surface area contributed by atoms with Crippen molar-refractivity contribution in [3.8, 4) is 0 Å². The number of halogens is 1. The minimum atomic E-state index is 0.0381. The number of amides is 1. The molecule has 0 heterocycles. The van der Waals surface area contributed by atoms with E-state index in [2.05, 4.69) is 21.2 Å². The number of hydrogen-bond acceptors (Lipinski definition) is 1. The molecular weight excluding hydrogens is 302 g/mol. The number of hydrogen-bond donors (Lipinski definition) is 1. The second-order valence-corrected chi connectivity index (χ2v) is 6.32. The Kier molecular flexibility index (Phi) is 5.90. The van der Waals surface area contributed by atoms with Gasteiger partial charge in [-0.3, -0.25) is 4.79 Å². The Morgan fingerprint density at radius 3 is 2.53 bits per heavy atom. The first-order valence-corrected chi connectivity index (χ1v) is 8.09. The van der Waals surface area contributed by atoms with Crippen LogP contribution in [0.1, 0.15) is 55.3 Å². The van der Waals surface area contributed by atoms with E-state index in [-0.39, 0.29) is 5.91 Å². The normalized spacial score (nSPS) is 16.3. The molecule has 19 heavy (non-hydrogen) atoms. The topological polar surface area (TPSA) is 29.1 Å². The molecule has 0 atom stereocenters. The van der Waals surface area contributed by atoms with E-state index in [1.165, 1.54) is 38.5 Å². The summed E-state index contributed by atoms with van der Waals surface area (Å²) in [5, 5.41) is 3.00. The van der Waals surface area contributed by atoms with Crippen molar-refractivity contribution in [1.82, 2.24) is 5.32 Å². The Balaban J connectivity index is 1.64. The highest BCUT2D eigenvalue weighted by Gasteiger charge is 2.12. The van der Waals surface area contributed by atoms with Gasteiger partial charge in [-0.2, -0.15) is 0 Å². The van der Waals surface area contributed by atoms with Crippen molar-refractivity contribution in [2.75, 3.05) is 6.54 Å². The zero-order chi connectivity index (χ0) is 13.5. The molecule has 1 aliphatic rings. The van der Waals surface area contributed by atoms with Crippen LogP contribution in [0.15, 0.2) is 28.7 Å². The number of rotatable bonds is 5. The average Bonchev–Trinajstić information content (AvgIpc) is 2.45. The van der Waals surface area contributed by atoms with E-state index in [4.69, 9.17) is 0 Å². The first kappa shape index (κ1) is 14.6. The molecule has 1 fully saturated rings. The molecule has 0 bridgehead atoms. The fourth-order valence-electron chi connectivity index (χ4n) is 2.77. The van der Waals surface area contributed by atoms with Crippen LogP contribution in [0.2, 0.25) is 0 Å². The van der Waals surface area contributed by atoms with Gasteiger partial charge in [0.2, 0.25) is 0 Å². The van der Waals surface area contributed by atoms with Crippen molar-refractivity contribution in [3.05, 3.63) is 34.3 Å². The zero-order valence-electron chi connectivity index (χ0n) is 11.3. The van der Waals surface area contributed by atoms with Crippen LogP contribution < -0.4 is 5.32 Å². The molecule has 0 radical (unpaired) electrons. The lowest BCUT2D eigenvalue weighted by Crippen LogP contribution is -2.24. The van der Waals surface area contributed by atoms with Gasteiger partial charge >= 0.3 is 0 Å². The van der Waals surface area contributed by atoms with Crippen molar-refractivity contribution in [2.24, 2.45) is 5.92 Å². The third kappa shape index (κ3) is 4.98. The van der Waals surface area contributed by atoms with Gasteiger partial charge in [0.05, 0.1) is 0 Å². The maximum atomic E-state index is 11.9. The molecule has 0 spiro atoms. The van der Waals surface area contributed by atoms with Crippen LogP contribution in [0.4, 0.5) is 0 Å². The minimum Gasteiger partial charge on any atom is -0.352 e. The van der Waals surface area contributed by atoms with Crippen molar-refractivity contribution >= 4 is 21.8 Å². The lowest BCUT2D eigenvalue weighted by atomic mass is 9.86. The van der Waals surface area contributed by atoms with Gasteiger partial charge in [0.1, 0.15) is 0 Å². The third-order valence-electron chi connectivity index (χ3n) is 3.91. The highest BCUT2D eigenvalue weighted by Crippen LogP contribution is 2.26. The first-order chi connectivity index (χ1) is 9.25. The van der Waals surface area contributed by atoms with E-state index in [0.717, 1.165) is 28.9 Å². The van der Waals surface area contributed by atoms with E-state index in [1.807, 2.05) is 24.3 Å². The summed E-state index contributed by atoms with van der Waals surface area (Å²) in [6, 6.07) is 7.50. The fraction of sp³-hybridized carbons (Fsp3) is 0.562. The lowest BCUT2D eigenvalue weighted by molar-refractivity contribution is 0.0952. The molecule has 1 N–H and O–H groups in total. The summed E-state index contributed by atoms with van der Waals surface area (Å²) in [5.41, 5.74) is 0.737. The Hall–Kier alpha value is -0.830. The van der Waals surface area contributed by atoms with E-state index >= 15 is 0 Å². The van der Waals surface area contributed by atoms with Gasteiger partial charge in [0.15, 0.2) is 0 Å². The maximum Gasteiger partial charge on any atom is 0.251 e. The molecule has 1 amide bonds. The monoisotopic (exact) mass is 323 g/mol. The highest BCUT2D eigenvalue weighted by atomic mass is 79.9. The lowest BCUT2D eigenvalue weighted by Gasteiger charge is -2.21. The van der Waals surface area contributed by atoms with Gasteiger partial charge in [-0.1, -0.05) is 48.0 Å². The van der Waals surface area contributed by atoms with Gasteiger partial charge in [-0.15, -0.1) is 0 Å². The molecule has 1 aliphatic carbocycles. The van der Waals surface area contributed by atoms with E-state index in [0.29, 0.717) is 0 Å². The van der Waals surface area contributed by atoms with Crippen LogP contribution in [0.25, 0.3) is 0 Å².